The number of anilines is 2. The molecule has 0 aliphatic carbocycles. The number of aromatic nitrogens is 1. The smallest absolute Gasteiger partial charge is 0.188 e. The standard InChI is InChI=1S/C21H22N2O3S/c1-4-26-17-8-6-5-7-16(17)22-21-23-20(18(27-21)12-19(24)25)15-11-13(2)9-10-14(15)3/h5-11H,4,12H2,1-3H3,(H,22,23)(H,24,25)/p-1. The van der Waals surface area contributed by atoms with E-state index in [1.54, 1.807) is 0 Å². The van der Waals surface area contributed by atoms with Crippen LogP contribution in [0, 0.1) is 13.8 Å². The van der Waals surface area contributed by atoms with Gasteiger partial charge >= 0.3 is 0 Å². The Labute approximate surface area is 162 Å². The van der Waals surface area contributed by atoms with Crippen LogP contribution in [0.3, 0.4) is 0 Å². The van der Waals surface area contributed by atoms with Gasteiger partial charge in [-0.3, -0.25) is 0 Å². The lowest BCUT2D eigenvalue weighted by atomic mass is 10.0. The predicted molar refractivity (Wildman–Crippen MR) is 107 cm³/mol. The fourth-order valence-electron chi connectivity index (χ4n) is 2.82. The van der Waals surface area contributed by atoms with Crippen LogP contribution in [0.15, 0.2) is 42.5 Å². The van der Waals surface area contributed by atoms with Crippen LogP contribution < -0.4 is 15.2 Å². The molecular formula is C21H21N2O3S-. The summed E-state index contributed by atoms with van der Waals surface area (Å²) < 4.78 is 5.64. The van der Waals surface area contributed by atoms with Crippen LogP contribution in [0.4, 0.5) is 10.8 Å². The minimum Gasteiger partial charge on any atom is -0.550 e. The Bertz CT molecular complexity index is 966. The topological polar surface area (TPSA) is 74.3 Å². The number of rotatable bonds is 7. The van der Waals surface area contributed by atoms with Crippen molar-refractivity contribution in [3.8, 4) is 17.0 Å². The van der Waals surface area contributed by atoms with Crippen molar-refractivity contribution in [1.29, 1.82) is 0 Å². The lowest BCUT2D eigenvalue weighted by molar-refractivity contribution is -0.304. The molecular weight excluding hydrogens is 360 g/mol. The molecule has 0 unspecified atom stereocenters. The van der Waals surface area contributed by atoms with E-state index < -0.39 is 5.97 Å². The Morgan fingerprint density at radius 3 is 2.74 bits per heavy atom. The quantitative estimate of drug-likeness (QED) is 0.673. The molecule has 0 amide bonds. The van der Waals surface area contributed by atoms with Crippen molar-refractivity contribution in [1.82, 2.24) is 4.98 Å². The van der Waals surface area contributed by atoms with Crippen molar-refractivity contribution in [3.05, 3.63) is 58.5 Å². The highest BCUT2D eigenvalue weighted by Gasteiger charge is 2.16. The zero-order valence-electron chi connectivity index (χ0n) is 15.5. The van der Waals surface area contributed by atoms with Gasteiger partial charge in [-0.1, -0.05) is 29.8 Å². The minimum atomic E-state index is -1.12. The van der Waals surface area contributed by atoms with Gasteiger partial charge in [-0.15, -0.1) is 11.3 Å². The maximum Gasteiger partial charge on any atom is 0.188 e. The van der Waals surface area contributed by atoms with Crippen molar-refractivity contribution in [2.75, 3.05) is 11.9 Å². The van der Waals surface area contributed by atoms with E-state index >= 15 is 0 Å². The number of carbonyl (C=O) groups is 1. The normalized spacial score (nSPS) is 10.6. The second kappa shape index (κ2) is 8.22. The molecule has 0 aliphatic rings. The number of ether oxygens (including phenoxy) is 1. The third-order valence-corrected chi connectivity index (χ3v) is 5.05. The highest BCUT2D eigenvalue weighted by atomic mass is 32.1. The van der Waals surface area contributed by atoms with Gasteiger partial charge < -0.3 is 20.0 Å². The third kappa shape index (κ3) is 4.46. The summed E-state index contributed by atoms with van der Waals surface area (Å²) in [4.78, 5) is 16.6. The van der Waals surface area contributed by atoms with Crippen LogP contribution in [0.1, 0.15) is 22.9 Å². The van der Waals surface area contributed by atoms with Gasteiger partial charge in [0.1, 0.15) is 5.75 Å². The summed E-state index contributed by atoms with van der Waals surface area (Å²) >= 11 is 1.32. The van der Waals surface area contributed by atoms with Gasteiger partial charge in [0.05, 0.1) is 18.0 Å². The highest BCUT2D eigenvalue weighted by molar-refractivity contribution is 7.16. The second-order valence-corrected chi connectivity index (χ2v) is 7.30. The van der Waals surface area contributed by atoms with Gasteiger partial charge in [-0.05, 0) is 44.5 Å². The maximum atomic E-state index is 11.2. The SMILES string of the molecule is CCOc1ccccc1Nc1nc(-c2cc(C)ccc2C)c(CC(=O)[O-])s1. The molecule has 3 rings (SSSR count). The minimum absolute atomic E-state index is 0.171. The number of carboxylic acid groups (broad SMARTS) is 1. The number of thiazole rings is 1. The number of carboxylic acids is 1. The molecule has 0 atom stereocenters. The lowest BCUT2D eigenvalue weighted by Gasteiger charge is -2.10. The molecule has 6 heteroatoms. The van der Waals surface area contributed by atoms with E-state index in [2.05, 4.69) is 5.32 Å². The zero-order valence-corrected chi connectivity index (χ0v) is 16.4. The van der Waals surface area contributed by atoms with Crippen molar-refractivity contribution in [3.63, 3.8) is 0 Å². The lowest BCUT2D eigenvalue weighted by Crippen LogP contribution is -2.24. The second-order valence-electron chi connectivity index (χ2n) is 6.21. The first-order valence-corrected chi connectivity index (χ1v) is 9.55. The van der Waals surface area contributed by atoms with Crippen molar-refractivity contribution < 1.29 is 14.6 Å². The van der Waals surface area contributed by atoms with Crippen LogP contribution in [0.2, 0.25) is 0 Å². The summed E-state index contributed by atoms with van der Waals surface area (Å²) in [7, 11) is 0. The summed E-state index contributed by atoms with van der Waals surface area (Å²) in [5.74, 6) is -0.392. The Morgan fingerprint density at radius 1 is 1.22 bits per heavy atom. The Balaban J connectivity index is 2.02. The Morgan fingerprint density at radius 2 is 2.00 bits per heavy atom. The molecule has 0 spiro atoms. The van der Waals surface area contributed by atoms with Gasteiger partial charge in [0.25, 0.3) is 0 Å². The van der Waals surface area contributed by atoms with Crippen LogP contribution in [0.5, 0.6) is 5.75 Å². The fourth-order valence-corrected chi connectivity index (χ4v) is 3.80. The molecule has 0 saturated heterocycles. The van der Waals surface area contributed by atoms with E-state index in [4.69, 9.17) is 9.72 Å². The number of hydrogen-bond acceptors (Lipinski definition) is 6. The molecule has 5 nitrogen and oxygen atoms in total. The van der Waals surface area contributed by atoms with E-state index in [-0.39, 0.29) is 6.42 Å². The number of benzene rings is 2. The van der Waals surface area contributed by atoms with Crippen molar-refractivity contribution in [2.45, 2.75) is 27.2 Å². The number of para-hydroxylation sites is 2. The van der Waals surface area contributed by atoms with Crippen LogP contribution in [-0.2, 0) is 11.2 Å². The maximum absolute atomic E-state index is 11.2. The van der Waals surface area contributed by atoms with Gasteiger partial charge in [-0.2, -0.15) is 0 Å². The van der Waals surface area contributed by atoms with Gasteiger partial charge in [0.2, 0.25) is 0 Å². The molecule has 27 heavy (non-hydrogen) atoms. The molecule has 1 heterocycles. The highest BCUT2D eigenvalue weighted by Crippen LogP contribution is 2.36. The zero-order chi connectivity index (χ0) is 19.4. The van der Waals surface area contributed by atoms with Crippen LogP contribution in [0.25, 0.3) is 11.3 Å². The predicted octanol–water partition coefficient (Wildman–Crippen LogP) is 3.86. The summed E-state index contributed by atoms with van der Waals surface area (Å²) in [6.07, 6.45) is -0.171. The van der Waals surface area contributed by atoms with E-state index in [0.29, 0.717) is 22.3 Å². The molecule has 1 N–H and O–H groups in total. The monoisotopic (exact) mass is 381 g/mol. The average molecular weight is 381 g/mol. The molecule has 0 bridgehead atoms. The molecule has 0 fully saturated rings. The summed E-state index contributed by atoms with van der Waals surface area (Å²) in [6, 6.07) is 13.7. The number of aliphatic carboxylic acids is 1. The van der Waals surface area contributed by atoms with E-state index in [0.717, 1.165) is 28.1 Å². The van der Waals surface area contributed by atoms with E-state index in [1.807, 2.05) is 63.2 Å². The summed E-state index contributed by atoms with van der Waals surface area (Å²) in [5.41, 5.74) is 4.56. The molecule has 140 valence electrons. The first-order chi connectivity index (χ1) is 13.0. The van der Waals surface area contributed by atoms with E-state index in [1.165, 1.54) is 11.3 Å². The first-order valence-electron chi connectivity index (χ1n) is 8.74. The fraction of sp³-hybridized carbons (Fsp3) is 0.238. The largest absolute Gasteiger partial charge is 0.550 e. The van der Waals surface area contributed by atoms with Crippen molar-refractivity contribution in [2.24, 2.45) is 0 Å². The van der Waals surface area contributed by atoms with Gasteiger partial charge in [0.15, 0.2) is 5.13 Å². The van der Waals surface area contributed by atoms with E-state index in [9.17, 15) is 9.90 Å². The first kappa shape index (κ1) is 18.9. The molecule has 0 aliphatic heterocycles. The average Bonchev–Trinajstić information content (AvgIpc) is 3.00. The van der Waals surface area contributed by atoms with Gasteiger partial charge in [0, 0.05) is 22.8 Å². The number of hydrogen-bond donors (Lipinski definition) is 1. The van der Waals surface area contributed by atoms with Gasteiger partial charge in [-0.25, -0.2) is 4.98 Å². The summed E-state index contributed by atoms with van der Waals surface area (Å²) in [5, 5.41) is 15.1. The molecule has 1 aromatic heterocycles. The Kier molecular flexibility index (Phi) is 5.76. The molecule has 0 saturated carbocycles. The van der Waals surface area contributed by atoms with Crippen molar-refractivity contribution >= 4 is 28.1 Å². The third-order valence-electron chi connectivity index (χ3n) is 4.08. The molecule has 3 aromatic rings. The number of nitrogens with zero attached hydrogens (tertiary/aromatic N) is 1. The molecule has 0 radical (unpaired) electrons. The van der Waals surface area contributed by atoms with Crippen LogP contribution in [-0.4, -0.2) is 17.6 Å². The Hall–Kier alpha value is -2.86. The number of nitrogens with one attached hydrogen (secondary N) is 1. The number of aryl methyl sites for hydroxylation is 2. The number of carbonyl (C=O) groups excluding carboxylic acids is 1. The van der Waals surface area contributed by atoms with Crippen LogP contribution >= 0.6 is 11.3 Å². The molecule has 2 aromatic carbocycles. The summed E-state index contributed by atoms with van der Waals surface area (Å²) in [6.45, 7) is 6.48.